The molecule has 4 nitrogen and oxygen atoms in total. The van der Waals surface area contributed by atoms with Crippen LogP contribution in [0.15, 0.2) is 0 Å². The van der Waals surface area contributed by atoms with Gasteiger partial charge in [-0.3, -0.25) is 4.79 Å². The third kappa shape index (κ3) is 13.5. The van der Waals surface area contributed by atoms with E-state index < -0.39 is 18.6 Å². The van der Waals surface area contributed by atoms with Crippen LogP contribution >= 0.6 is 12.4 Å². The number of ether oxygens (including phenoxy) is 1. The molecule has 0 saturated heterocycles. The smallest absolute Gasteiger partial charge is 0.383 e. The van der Waals surface area contributed by atoms with Crippen molar-refractivity contribution >= 4 is 18.3 Å². The Balaban J connectivity index is 0. The predicted molar refractivity (Wildman–Crippen MR) is 51.1 cm³/mol. The van der Waals surface area contributed by atoms with Crippen LogP contribution in [0.1, 0.15) is 0 Å². The monoisotopic (exact) mass is 250 g/mol. The molecule has 0 aliphatic rings. The van der Waals surface area contributed by atoms with E-state index in [0.29, 0.717) is 13.2 Å². The van der Waals surface area contributed by atoms with Gasteiger partial charge in [-0.15, -0.1) is 12.4 Å². The quantitative estimate of drug-likeness (QED) is 0.668. The number of halogens is 4. The number of alkyl halides is 3. The van der Waals surface area contributed by atoms with Crippen LogP contribution in [-0.2, 0) is 9.53 Å². The summed E-state index contributed by atoms with van der Waals surface area (Å²) in [6.45, 7) is -0.598. The molecule has 0 atom stereocenters. The minimum absolute atomic E-state index is 0. The van der Waals surface area contributed by atoms with Gasteiger partial charge in [0, 0.05) is 13.7 Å². The first-order valence-electron chi connectivity index (χ1n) is 3.99. The highest BCUT2D eigenvalue weighted by Crippen LogP contribution is 2.11. The van der Waals surface area contributed by atoms with Crippen LogP contribution in [0.3, 0.4) is 0 Å². The molecule has 0 radical (unpaired) electrons. The fourth-order valence-corrected chi connectivity index (χ4v) is 0.637. The van der Waals surface area contributed by atoms with Crippen molar-refractivity contribution in [3.05, 3.63) is 0 Å². The molecule has 92 valence electrons. The first kappa shape index (κ1) is 16.9. The van der Waals surface area contributed by atoms with Gasteiger partial charge in [0.25, 0.3) is 0 Å². The lowest BCUT2D eigenvalue weighted by Crippen LogP contribution is -2.39. The van der Waals surface area contributed by atoms with Crippen molar-refractivity contribution < 1.29 is 22.7 Å². The number of amides is 1. The fourth-order valence-electron chi connectivity index (χ4n) is 0.637. The van der Waals surface area contributed by atoms with Crippen LogP contribution < -0.4 is 10.6 Å². The summed E-state index contributed by atoms with van der Waals surface area (Å²) >= 11 is 0. The summed E-state index contributed by atoms with van der Waals surface area (Å²) in [5.74, 6) is -0.682. The maximum Gasteiger partial charge on any atom is 0.405 e. The van der Waals surface area contributed by atoms with Crippen LogP contribution in [0.5, 0.6) is 0 Å². The normalized spacial score (nSPS) is 10.7. The van der Waals surface area contributed by atoms with Gasteiger partial charge in [-0.25, -0.2) is 0 Å². The van der Waals surface area contributed by atoms with Crippen LogP contribution in [0.2, 0.25) is 0 Å². The Labute approximate surface area is 92.0 Å². The number of carbonyl (C=O) groups is 1. The second-order valence-electron chi connectivity index (χ2n) is 2.56. The largest absolute Gasteiger partial charge is 0.405 e. The lowest BCUT2D eigenvalue weighted by atomic mass is 10.5. The van der Waals surface area contributed by atoms with Gasteiger partial charge in [-0.2, -0.15) is 13.2 Å². The van der Waals surface area contributed by atoms with Crippen molar-refractivity contribution in [2.45, 2.75) is 6.18 Å². The van der Waals surface area contributed by atoms with Gasteiger partial charge in [0.2, 0.25) is 5.91 Å². The third-order valence-electron chi connectivity index (χ3n) is 1.25. The van der Waals surface area contributed by atoms with E-state index in [4.69, 9.17) is 0 Å². The molecule has 15 heavy (non-hydrogen) atoms. The maximum atomic E-state index is 11.6. The Hall–Kier alpha value is -0.530. The first-order chi connectivity index (χ1) is 6.45. The molecule has 1 amide bonds. The molecule has 0 fully saturated rings. The Bertz CT molecular complexity index is 178. The molecule has 0 unspecified atom stereocenters. The van der Waals surface area contributed by atoms with E-state index in [-0.39, 0.29) is 19.0 Å². The Morgan fingerprint density at radius 2 is 2.00 bits per heavy atom. The Kier molecular flexibility index (Phi) is 9.85. The highest BCUT2D eigenvalue weighted by molar-refractivity contribution is 5.85. The number of hydrogen-bond donors (Lipinski definition) is 2. The van der Waals surface area contributed by atoms with E-state index in [9.17, 15) is 18.0 Å². The first-order valence-corrected chi connectivity index (χ1v) is 3.99. The zero-order chi connectivity index (χ0) is 11.0. The van der Waals surface area contributed by atoms with E-state index in [1.54, 1.807) is 5.32 Å². The number of hydrogen-bond acceptors (Lipinski definition) is 3. The van der Waals surface area contributed by atoms with Crippen molar-refractivity contribution in [1.82, 2.24) is 10.6 Å². The maximum absolute atomic E-state index is 11.6. The van der Waals surface area contributed by atoms with Crippen LogP contribution in [0, 0.1) is 0 Å². The molecular weight excluding hydrogens is 237 g/mol. The molecule has 0 aromatic heterocycles. The molecule has 0 aliphatic heterocycles. The summed E-state index contributed by atoms with van der Waals surface area (Å²) in [6, 6.07) is 0. The van der Waals surface area contributed by atoms with Gasteiger partial charge in [0.1, 0.15) is 6.54 Å². The molecule has 0 aliphatic carbocycles. The van der Waals surface area contributed by atoms with Gasteiger partial charge in [0.05, 0.1) is 13.2 Å². The van der Waals surface area contributed by atoms with E-state index in [0.717, 1.165) is 0 Å². The molecular formula is C7H14ClF3N2O2. The van der Waals surface area contributed by atoms with Crippen molar-refractivity contribution in [2.75, 3.05) is 33.4 Å². The standard InChI is InChI=1S/C7H13F3N2O2.ClH/c1-14-3-2-11-4-6(13)12-5-7(8,9)10;/h11H,2-5H2,1H3,(H,12,13);1H. The summed E-state index contributed by atoms with van der Waals surface area (Å²) in [6.07, 6.45) is -4.36. The van der Waals surface area contributed by atoms with Crippen LogP contribution in [-0.4, -0.2) is 45.4 Å². The molecule has 0 saturated carbocycles. The Morgan fingerprint density at radius 1 is 1.40 bits per heavy atom. The molecule has 0 rings (SSSR count). The zero-order valence-corrected chi connectivity index (χ0v) is 9.00. The zero-order valence-electron chi connectivity index (χ0n) is 8.19. The highest BCUT2D eigenvalue weighted by Gasteiger charge is 2.27. The molecule has 0 spiro atoms. The topological polar surface area (TPSA) is 50.4 Å². The number of carbonyl (C=O) groups excluding carboxylic acids is 1. The Morgan fingerprint density at radius 3 is 2.47 bits per heavy atom. The van der Waals surface area contributed by atoms with E-state index in [1.807, 2.05) is 0 Å². The van der Waals surface area contributed by atoms with Gasteiger partial charge in [-0.1, -0.05) is 0 Å². The number of nitrogens with one attached hydrogen (secondary N) is 2. The van der Waals surface area contributed by atoms with Gasteiger partial charge >= 0.3 is 6.18 Å². The molecule has 2 N–H and O–H groups in total. The summed E-state index contributed by atoms with van der Waals surface area (Å²) < 4.78 is 39.5. The second kappa shape index (κ2) is 8.75. The molecule has 0 heterocycles. The minimum Gasteiger partial charge on any atom is -0.383 e. The summed E-state index contributed by atoms with van der Waals surface area (Å²) in [5.41, 5.74) is 0. The molecule has 8 heteroatoms. The minimum atomic E-state index is -4.36. The highest BCUT2D eigenvalue weighted by atomic mass is 35.5. The van der Waals surface area contributed by atoms with Gasteiger partial charge < -0.3 is 15.4 Å². The summed E-state index contributed by atoms with van der Waals surface area (Å²) in [4.78, 5) is 10.7. The predicted octanol–water partition coefficient (Wildman–Crippen LogP) is 0.323. The summed E-state index contributed by atoms with van der Waals surface area (Å²) in [7, 11) is 1.49. The molecule has 0 aromatic carbocycles. The van der Waals surface area contributed by atoms with Gasteiger partial charge in [0.15, 0.2) is 0 Å². The average molecular weight is 251 g/mol. The fraction of sp³-hybridized carbons (Fsp3) is 0.857. The second-order valence-corrected chi connectivity index (χ2v) is 2.56. The SMILES string of the molecule is COCCNCC(=O)NCC(F)(F)F.Cl. The van der Waals surface area contributed by atoms with Crippen molar-refractivity contribution in [3.8, 4) is 0 Å². The number of methoxy groups -OCH3 is 1. The average Bonchev–Trinajstić information content (AvgIpc) is 2.08. The van der Waals surface area contributed by atoms with E-state index >= 15 is 0 Å². The van der Waals surface area contributed by atoms with Crippen LogP contribution in [0.4, 0.5) is 13.2 Å². The lowest BCUT2D eigenvalue weighted by Gasteiger charge is -2.08. The van der Waals surface area contributed by atoms with Crippen molar-refractivity contribution in [2.24, 2.45) is 0 Å². The molecule has 0 bridgehead atoms. The lowest BCUT2D eigenvalue weighted by molar-refractivity contribution is -0.137. The number of rotatable bonds is 6. The van der Waals surface area contributed by atoms with E-state index in [2.05, 4.69) is 10.1 Å². The van der Waals surface area contributed by atoms with Gasteiger partial charge in [-0.05, 0) is 0 Å². The van der Waals surface area contributed by atoms with Crippen molar-refractivity contribution in [3.63, 3.8) is 0 Å². The van der Waals surface area contributed by atoms with Crippen LogP contribution in [0.25, 0.3) is 0 Å². The summed E-state index contributed by atoms with van der Waals surface area (Å²) in [5, 5.41) is 4.35. The molecule has 0 aromatic rings. The van der Waals surface area contributed by atoms with Crippen molar-refractivity contribution in [1.29, 1.82) is 0 Å². The van der Waals surface area contributed by atoms with E-state index in [1.165, 1.54) is 7.11 Å². The third-order valence-corrected chi connectivity index (χ3v) is 1.25.